The van der Waals surface area contributed by atoms with Crippen molar-refractivity contribution in [3.63, 3.8) is 0 Å². The van der Waals surface area contributed by atoms with Crippen LogP contribution in [0.1, 0.15) is 59.9 Å². The Hall–Kier alpha value is -1.04. The van der Waals surface area contributed by atoms with Gasteiger partial charge >= 0.3 is 7.12 Å². The Balaban J connectivity index is 1.81. The maximum atomic E-state index is 6.23. The first-order valence-corrected chi connectivity index (χ1v) is 9.78. The van der Waals surface area contributed by atoms with E-state index in [0.717, 1.165) is 30.8 Å². The number of nitrogens with zero attached hydrogens (tertiary/aromatic N) is 1. The summed E-state index contributed by atoms with van der Waals surface area (Å²) in [5.74, 6) is 0.939. The van der Waals surface area contributed by atoms with Gasteiger partial charge in [-0.2, -0.15) is 0 Å². The maximum Gasteiger partial charge on any atom is 0.494 e. The van der Waals surface area contributed by atoms with E-state index in [2.05, 4.69) is 58.6 Å². The van der Waals surface area contributed by atoms with Gasteiger partial charge in [-0.05, 0) is 64.0 Å². The molecule has 0 atom stereocenters. The fourth-order valence-electron chi connectivity index (χ4n) is 3.97. The quantitative estimate of drug-likeness (QED) is 0.769. The van der Waals surface area contributed by atoms with Crippen LogP contribution < -0.4 is 10.2 Å². The summed E-state index contributed by atoms with van der Waals surface area (Å²) in [6, 6.07) is 6.30. The number of likely N-dealkylation sites (tertiary alicyclic amines) is 1. The highest BCUT2D eigenvalue weighted by Gasteiger charge is 2.51. The zero-order valence-corrected chi connectivity index (χ0v) is 17.5. The third kappa shape index (κ3) is 3.95. The molecule has 0 unspecified atom stereocenters. The van der Waals surface area contributed by atoms with Crippen molar-refractivity contribution >= 4 is 12.6 Å². The minimum atomic E-state index is -0.331. The second-order valence-electron chi connectivity index (χ2n) is 9.64. The van der Waals surface area contributed by atoms with Crippen molar-refractivity contribution in [2.45, 2.75) is 72.1 Å². The molecule has 4 nitrogen and oxygen atoms in total. The summed E-state index contributed by atoms with van der Waals surface area (Å²) >= 11 is 0. The lowest BCUT2D eigenvalue weighted by Gasteiger charge is -2.38. The van der Waals surface area contributed by atoms with Gasteiger partial charge < -0.3 is 14.0 Å². The van der Waals surface area contributed by atoms with Crippen LogP contribution in [0.15, 0.2) is 18.2 Å². The van der Waals surface area contributed by atoms with Crippen molar-refractivity contribution in [3.05, 3.63) is 23.8 Å². The Kier molecular flexibility index (Phi) is 5.19. The van der Waals surface area contributed by atoms with E-state index in [9.17, 15) is 0 Å². The van der Waals surface area contributed by atoms with Crippen LogP contribution in [0.3, 0.4) is 0 Å². The molecular weight excluding hydrogens is 325 g/mol. The Labute approximate surface area is 159 Å². The minimum Gasteiger partial charge on any atom is -0.496 e. The number of hydrogen-bond donors (Lipinski definition) is 0. The van der Waals surface area contributed by atoms with Crippen molar-refractivity contribution < 1.29 is 14.0 Å². The highest BCUT2D eigenvalue weighted by atomic mass is 16.7. The Morgan fingerprint density at radius 1 is 1.08 bits per heavy atom. The molecule has 2 fully saturated rings. The van der Waals surface area contributed by atoms with E-state index in [0.29, 0.717) is 5.41 Å². The summed E-state index contributed by atoms with van der Waals surface area (Å²) in [4.78, 5) is 2.54. The van der Waals surface area contributed by atoms with Crippen LogP contribution in [0.5, 0.6) is 5.75 Å². The molecule has 144 valence electrons. The lowest BCUT2D eigenvalue weighted by Crippen LogP contribution is -2.41. The zero-order chi connectivity index (χ0) is 19.2. The van der Waals surface area contributed by atoms with Gasteiger partial charge in [0.2, 0.25) is 0 Å². The minimum absolute atomic E-state index is 0.325. The van der Waals surface area contributed by atoms with Crippen molar-refractivity contribution in [2.75, 3.05) is 20.2 Å². The topological polar surface area (TPSA) is 30.9 Å². The molecule has 3 rings (SSSR count). The smallest absolute Gasteiger partial charge is 0.494 e. The van der Waals surface area contributed by atoms with E-state index in [1.165, 1.54) is 18.4 Å². The number of rotatable bonds is 4. The second kappa shape index (κ2) is 6.85. The molecule has 0 aliphatic carbocycles. The van der Waals surface area contributed by atoms with E-state index in [4.69, 9.17) is 14.0 Å². The molecule has 2 aliphatic heterocycles. The van der Waals surface area contributed by atoms with Crippen molar-refractivity contribution in [3.8, 4) is 5.75 Å². The molecule has 0 spiro atoms. The Morgan fingerprint density at radius 2 is 1.73 bits per heavy atom. The molecule has 0 radical (unpaired) electrons. The van der Waals surface area contributed by atoms with Crippen LogP contribution in [0.2, 0.25) is 0 Å². The largest absolute Gasteiger partial charge is 0.496 e. The van der Waals surface area contributed by atoms with Gasteiger partial charge in [-0.25, -0.2) is 0 Å². The molecule has 0 bridgehead atoms. The molecule has 1 aromatic rings. The van der Waals surface area contributed by atoms with Crippen molar-refractivity contribution in [2.24, 2.45) is 5.41 Å². The van der Waals surface area contributed by atoms with Gasteiger partial charge in [0.25, 0.3) is 0 Å². The molecule has 1 aromatic carbocycles. The van der Waals surface area contributed by atoms with E-state index < -0.39 is 0 Å². The van der Waals surface area contributed by atoms with Crippen LogP contribution in [0.4, 0.5) is 0 Å². The average molecular weight is 359 g/mol. The molecule has 0 saturated carbocycles. The van der Waals surface area contributed by atoms with Crippen LogP contribution >= 0.6 is 0 Å². The van der Waals surface area contributed by atoms with Gasteiger partial charge in [0.15, 0.2) is 0 Å². The standard InChI is InChI=1S/C21H34BNO3/c1-19(2)11-8-12-23(15-19)14-16-13-17(9-10-18(16)24-7)22-25-20(3,4)21(5,6)26-22/h9-10,13H,8,11-12,14-15H2,1-7H3. The Bertz CT molecular complexity index is 641. The fourth-order valence-corrected chi connectivity index (χ4v) is 3.97. The number of ether oxygens (including phenoxy) is 1. The van der Waals surface area contributed by atoms with Gasteiger partial charge in [0.05, 0.1) is 18.3 Å². The highest BCUT2D eigenvalue weighted by Crippen LogP contribution is 2.37. The summed E-state index contributed by atoms with van der Waals surface area (Å²) in [7, 11) is 1.41. The van der Waals surface area contributed by atoms with Gasteiger partial charge in [0, 0.05) is 18.7 Å². The summed E-state index contributed by atoms with van der Waals surface area (Å²) < 4.78 is 18.1. The predicted octanol–water partition coefficient (Wildman–Crippen LogP) is 3.62. The summed E-state index contributed by atoms with van der Waals surface area (Å²) in [6.07, 6.45) is 2.56. The SMILES string of the molecule is COc1ccc(B2OC(C)(C)C(C)(C)O2)cc1CN1CCCC(C)(C)C1. The lowest BCUT2D eigenvalue weighted by molar-refractivity contribution is 0.00578. The number of benzene rings is 1. The Morgan fingerprint density at radius 3 is 2.31 bits per heavy atom. The van der Waals surface area contributed by atoms with Crippen LogP contribution in [-0.4, -0.2) is 43.4 Å². The first kappa shape index (κ1) is 19.7. The van der Waals surface area contributed by atoms with E-state index in [1.54, 1.807) is 7.11 Å². The monoisotopic (exact) mass is 359 g/mol. The van der Waals surface area contributed by atoms with Crippen molar-refractivity contribution in [1.82, 2.24) is 4.90 Å². The van der Waals surface area contributed by atoms with Gasteiger partial charge in [-0.3, -0.25) is 4.90 Å². The zero-order valence-electron chi connectivity index (χ0n) is 17.5. The number of methoxy groups -OCH3 is 1. The summed E-state index contributed by atoms with van der Waals surface area (Å²) in [6.45, 7) is 16.2. The third-order valence-corrected chi connectivity index (χ3v) is 6.20. The van der Waals surface area contributed by atoms with Crippen molar-refractivity contribution in [1.29, 1.82) is 0 Å². The van der Waals surface area contributed by atoms with Gasteiger partial charge in [-0.1, -0.05) is 26.0 Å². The molecule has 26 heavy (non-hydrogen) atoms. The molecular formula is C21H34BNO3. The number of hydrogen-bond acceptors (Lipinski definition) is 4. The van der Waals surface area contributed by atoms with E-state index in [1.807, 2.05) is 6.07 Å². The van der Waals surface area contributed by atoms with Crippen LogP contribution in [0.25, 0.3) is 0 Å². The summed E-state index contributed by atoms with van der Waals surface area (Å²) in [5, 5.41) is 0. The molecule has 0 aromatic heterocycles. The predicted molar refractivity (Wildman–Crippen MR) is 107 cm³/mol. The van der Waals surface area contributed by atoms with E-state index >= 15 is 0 Å². The maximum absolute atomic E-state index is 6.23. The average Bonchev–Trinajstić information content (AvgIpc) is 2.74. The summed E-state index contributed by atoms with van der Waals surface area (Å²) in [5.41, 5.74) is 2.01. The second-order valence-corrected chi connectivity index (χ2v) is 9.64. The highest BCUT2D eigenvalue weighted by molar-refractivity contribution is 6.62. The third-order valence-electron chi connectivity index (χ3n) is 6.20. The molecule has 2 aliphatic rings. The number of piperidine rings is 1. The molecule has 0 amide bonds. The first-order valence-electron chi connectivity index (χ1n) is 9.78. The molecule has 2 heterocycles. The lowest BCUT2D eigenvalue weighted by atomic mass is 9.78. The van der Waals surface area contributed by atoms with Gasteiger partial charge in [0.1, 0.15) is 5.75 Å². The molecule has 0 N–H and O–H groups in total. The normalized spacial score (nSPS) is 24.7. The fraction of sp³-hybridized carbons (Fsp3) is 0.714. The van der Waals surface area contributed by atoms with E-state index in [-0.39, 0.29) is 18.3 Å². The van der Waals surface area contributed by atoms with Crippen LogP contribution in [-0.2, 0) is 15.9 Å². The first-order chi connectivity index (χ1) is 12.0. The van der Waals surface area contributed by atoms with Gasteiger partial charge in [-0.15, -0.1) is 0 Å². The van der Waals surface area contributed by atoms with Crippen LogP contribution in [0, 0.1) is 5.41 Å². The molecule has 5 heteroatoms. The molecule has 2 saturated heterocycles.